The first-order valence-electron chi connectivity index (χ1n) is 6.29. The van der Waals surface area contributed by atoms with E-state index in [4.69, 9.17) is 14.4 Å². The molecule has 0 spiro atoms. The van der Waals surface area contributed by atoms with E-state index in [0.717, 1.165) is 6.29 Å². The van der Waals surface area contributed by atoms with Crippen LogP contribution in [0.1, 0.15) is 32.4 Å². The molecule has 1 N–H and O–H groups in total. The lowest BCUT2D eigenvalue weighted by Gasteiger charge is -2.13. The molecule has 1 heterocycles. The molecule has 106 valence electrons. The number of aldehydes is 1. The highest BCUT2D eigenvalue weighted by Crippen LogP contribution is 2.20. The standard InChI is InChI=1S/C13H19NO5/c1-9(2)11(13(16)17)7-10-8-12(14-19-10)18-6-4-3-5-15/h5,8-9,11H,3-4,6-7H2,1-2H3,(H,16,17). The molecule has 1 atom stereocenters. The lowest BCUT2D eigenvalue weighted by atomic mass is 9.92. The molecule has 1 aromatic rings. The number of unbranched alkanes of at least 4 members (excludes halogenated alkanes) is 1. The van der Waals surface area contributed by atoms with Gasteiger partial charge in [0.05, 0.1) is 12.5 Å². The van der Waals surface area contributed by atoms with Gasteiger partial charge in [-0.05, 0) is 17.5 Å². The summed E-state index contributed by atoms with van der Waals surface area (Å²) in [6, 6.07) is 1.60. The molecule has 0 radical (unpaired) electrons. The van der Waals surface area contributed by atoms with Crippen molar-refractivity contribution in [1.82, 2.24) is 5.16 Å². The van der Waals surface area contributed by atoms with Crippen LogP contribution in [-0.4, -0.2) is 29.1 Å². The quantitative estimate of drug-likeness (QED) is 0.544. The van der Waals surface area contributed by atoms with Crippen molar-refractivity contribution in [2.45, 2.75) is 33.1 Å². The normalized spacial score (nSPS) is 12.4. The molecule has 19 heavy (non-hydrogen) atoms. The Labute approximate surface area is 111 Å². The number of nitrogens with zero attached hydrogens (tertiary/aromatic N) is 1. The molecule has 0 aromatic carbocycles. The average Bonchev–Trinajstić information content (AvgIpc) is 2.79. The van der Waals surface area contributed by atoms with E-state index in [1.165, 1.54) is 0 Å². The van der Waals surface area contributed by atoms with Crippen molar-refractivity contribution in [3.63, 3.8) is 0 Å². The molecule has 0 saturated carbocycles. The number of ether oxygens (including phenoxy) is 1. The van der Waals surface area contributed by atoms with E-state index in [1.54, 1.807) is 6.07 Å². The van der Waals surface area contributed by atoms with Gasteiger partial charge >= 0.3 is 5.97 Å². The zero-order valence-corrected chi connectivity index (χ0v) is 11.2. The predicted molar refractivity (Wildman–Crippen MR) is 67.0 cm³/mol. The minimum Gasteiger partial charge on any atom is -0.481 e. The lowest BCUT2D eigenvalue weighted by Crippen LogP contribution is -2.21. The second-order valence-electron chi connectivity index (χ2n) is 4.68. The molecule has 6 nitrogen and oxygen atoms in total. The van der Waals surface area contributed by atoms with Crippen LogP contribution in [0.3, 0.4) is 0 Å². The maximum atomic E-state index is 11.1. The summed E-state index contributed by atoms with van der Waals surface area (Å²) in [4.78, 5) is 21.2. The Morgan fingerprint density at radius 1 is 1.58 bits per heavy atom. The summed E-state index contributed by atoms with van der Waals surface area (Å²) in [5.41, 5.74) is 0. The second-order valence-corrected chi connectivity index (χ2v) is 4.68. The molecule has 6 heteroatoms. The van der Waals surface area contributed by atoms with Crippen LogP contribution >= 0.6 is 0 Å². The summed E-state index contributed by atoms with van der Waals surface area (Å²) in [6.45, 7) is 4.09. The number of carboxylic acids is 1. The van der Waals surface area contributed by atoms with Crippen molar-refractivity contribution in [2.24, 2.45) is 11.8 Å². The Morgan fingerprint density at radius 3 is 2.89 bits per heavy atom. The Balaban J connectivity index is 2.49. The number of hydrogen-bond acceptors (Lipinski definition) is 5. The van der Waals surface area contributed by atoms with Gasteiger partial charge in [-0.15, -0.1) is 0 Å². The van der Waals surface area contributed by atoms with E-state index in [0.29, 0.717) is 31.1 Å². The summed E-state index contributed by atoms with van der Waals surface area (Å²) in [6.07, 6.45) is 2.18. The van der Waals surface area contributed by atoms with Crippen LogP contribution in [0.15, 0.2) is 10.6 Å². The van der Waals surface area contributed by atoms with Gasteiger partial charge in [-0.1, -0.05) is 13.8 Å². The monoisotopic (exact) mass is 269 g/mol. The van der Waals surface area contributed by atoms with Crippen LogP contribution in [0.5, 0.6) is 5.88 Å². The minimum atomic E-state index is -0.847. The van der Waals surface area contributed by atoms with Gasteiger partial charge in [0.15, 0.2) is 0 Å². The average molecular weight is 269 g/mol. The molecular weight excluding hydrogens is 250 g/mol. The summed E-state index contributed by atoms with van der Waals surface area (Å²) in [5.74, 6) is -0.518. The Morgan fingerprint density at radius 2 is 2.32 bits per heavy atom. The highest BCUT2D eigenvalue weighted by Gasteiger charge is 2.23. The molecule has 0 amide bonds. The zero-order valence-electron chi connectivity index (χ0n) is 11.2. The molecule has 1 rings (SSSR count). The Hall–Kier alpha value is -1.85. The number of aliphatic carboxylic acids is 1. The van der Waals surface area contributed by atoms with Gasteiger partial charge in [0.2, 0.25) is 0 Å². The maximum Gasteiger partial charge on any atom is 0.307 e. The summed E-state index contributed by atoms with van der Waals surface area (Å²) in [5, 5.41) is 12.8. The maximum absolute atomic E-state index is 11.1. The van der Waals surface area contributed by atoms with Gasteiger partial charge in [-0.3, -0.25) is 4.79 Å². The van der Waals surface area contributed by atoms with Gasteiger partial charge in [0.1, 0.15) is 12.0 Å². The number of carbonyl (C=O) groups excluding carboxylic acids is 1. The first-order valence-corrected chi connectivity index (χ1v) is 6.29. The van der Waals surface area contributed by atoms with E-state index in [-0.39, 0.29) is 12.3 Å². The molecule has 0 saturated heterocycles. The van der Waals surface area contributed by atoms with Crippen molar-refractivity contribution >= 4 is 12.3 Å². The number of carboxylic acid groups (broad SMARTS) is 1. The van der Waals surface area contributed by atoms with Gasteiger partial charge in [0.25, 0.3) is 5.88 Å². The molecule has 0 fully saturated rings. The van der Waals surface area contributed by atoms with Gasteiger partial charge in [-0.25, -0.2) is 0 Å². The van der Waals surface area contributed by atoms with Crippen molar-refractivity contribution in [1.29, 1.82) is 0 Å². The van der Waals surface area contributed by atoms with E-state index >= 15 is 0 Å². The fourth-order valence-electron chi connectivity index (χ4n) is 1.63. The van der Waals surface area contributed by atoms with Crippen LogP contribution in [0.2, 0.25) is 0 Å². The fourth-order valence-corrected chi connectivity index (χ4v) is 1.63. The van der Waals surface area contributed by atoms with E-state index in [1.807, 2.05) is 13.8 Å². The second kappa shape index (κ2) is 7.56. The number of hydrogen-bond donors (Lipinski definition) is 1. The fraction of sp³-hybridized carbons (Fsp3) is 0.615. The van der Waals surface area contributed by atoms with Gasteiger partial charge in [-0.2, -0.15) is 0 Å². The van der Waals surface area contributed by atoms with Crippen molar-refractivity contribution < 1.29 is 24.0 Å². The molecule has 1 aromatic heterocycles. The third kappa shape index (κ3) is 5.11. The largest absolute Gasteiger partial charge is 0.481 e. The molecule has 0 aliphatic heterocycles. The number of carbonyl (C=O) groups is 2. The number of aromatic nitrogens is 1. The van der Waals surface area contributed by atoms with Crippen LogP contribution < -0.4 is 4.74 Å². The smallest absolute Gasteiger partial charge is 0.307 e. The summed E-state index contributed by atoms with van der Waals surface area (Å²) in [7, 11) is 0. The van der Waals surface area contributed by atoms with E-state index in [2.05, 4.69) is 5.16 Å². The van der Waals surface area contributed by atoms with Crippen LogP contribution in [0.4, 0.5) is 0 Å². The number of rotatable bonds is 9. The molecular formula is C13H19NO5. The minimum absolute atomic E-state index is 0.0135. The topological polar surface area (TPSA) is 89.6 Å². The van der Waals surface area contributed by atoms with Crippen molar-refractivity contribution in [3.8, 4) is 5.88 Å². The first kappa shape index (κ1) is 15.2. The van der Waals surface area contributed by atoms with E-state index in [9.17, 15) is 9.59 Å². The molecule has 0 aliphatic rings. The van der Waals surface area contributed by atoms with Crippen molar-refractivity contribution in [2.75, 3.05) is 6.61 Å². The van der Waals surface area contributed by atoms with E-state index < -0.39 is 11.9 Å². The first-order chi connectivity index (χ1) is 9.04. The Bertz CT molecular complexity index is 413. The Kier molecular flexibility index (Phi) is 6.05. The van der Waals surface area contributed by atoms with Crippen LogP contribution in [0.25, 0.3) is 0 Å². The van der Waals surface area contributed by atoms with Gasteiger partial charge in [0, 0.05) is 18.9 Å². The lowest BCUT2D eigenvalue weighted by molar-refractivity contribution is -0.143. The van der Waals surface area contributed by atoms with Crippen LogP contribution in [0, 0.1) is 11.8 Å². The summed E-state index contributed by atoms with van der Waals surface area (Å²) >= 11 is 0. The molecule has 1 unspecified atom stereocenters. The molecule has 0 bridgehead atoms. The predicted octanol–water partition coefficient (Wildman–Crippen LogP) is 1.93. The van der Waals surface area contributed by atoms with Gasteiger partial charge < -0.3 is 19.2 Å². The highest BCUT2D eigenvalue weighted by molar-refractivity contribution is 5.70. The highest BCUT2D eigenvalue weighted by atomic mass is 16.5. The third-order valence-corrected chi connectivity index (χ3v) is 2.80. The SMILES string of the molecule is CC(C)C(Cc1cc(OCCCC=O)no1)C(=O)O. The molecule has 0 aliphatic carbocycles. The van der Waals surface area contributed by atoms with Crippen LogP contribution in [-0.2, 0) is 16.0 Å². The summed E-state index contributed by atoms with van der Waals surface area (Å²) < 4.78 is 10.3. The third-order valence-electron chi connectivity index (χ3n) is 2.80. The van der Waals surface area contributed by atoms with Crippen molar-refractivity contribution in [3.05, 3.63) is 11.8 Å². The zero-order chi connectivity index (χ0) is 14.3.